The molecular formula is C14H26N4O. The molecule has 108 valence electrons. The number of aliphatic hydroxyl groups excluding tert-OH is 1. The van der Waals surface area contributed by atoms with E-state index in [1.165, 1.54) is 0 Å². The maximum Gasteiger partial charge on any atom is 0.132 e. The number of rotatable bonds is 9. The van der Waals surface area contributed by atoms with Gasteiger partial charge >= 0.3 is 0 Å². The van der Waals surface area contributed by atoms with Crippen molar-refractivity contribution in [3.8, 4) is 0 Å². The molecule has 0 bridgehead atoms. The number of aryl methyl sites for hydroxylation is 1. The molecule has 5 heteroatoms. The summed E-state index contributed by atoms with van der Waals surface area (Å²) in [6.07, 6.45) is 3.92. The Kier molecular flexibility index (Phi) is 7.18. The first kappa shape index (κ1) is 15.7. The number of nitrogens with one attached hydrogen (secondary N) is 2. The molecule has 0 radical (unpaired) electrons. The number of aliphatic hydroxyl groups is 1. The summed E-state index contributed by atoms with van der Waals surface area (Å²) in [4.78, 5) is 8.84. The summed E-state index contributed by atoms with van der Waals surface area (Å²) in [5.74, 6) is 3.02. The van der Waals surface area contributed by atoms with Crippen molar-refractivity contribution in [1.82, 2.24) is 9.97 Å². The Balaban J connectivity index is 2.64. The fraction of sp³-hybridized carbons (Fsp3) is 0.714. The molecule has 1 heterocycles. The van der Waals surface area contributed by atoms with E-state index in [2.05, 4.69) is 27.5 Å². The Morgan fingerprint density at radius 2 is 1.95 bits per heavy atom. The Labute approximate surface area is 115 Å². The summed E-state index contributed by atoms with van der Waals surface area (Å²) < 4.78 is 0. The average molecular weight is 266 g/mol. The standard InChI is InChI=1S/C14H26N4O/c1-4-6-11(7-8-19)10-16-14-9-13(15-3)17-12(5-2)18-14/h9,11,19H,4-8,10H2,1-3H3,(H2,15,16,17,18). The van der Waals surface area contributed by atoms with Gasteiger partial charge in [0.25, 0.3) is 0 Å². The van der Waals surface area contributed by atoms with E-state index in [1.807, 2.05) is 20.0 Å². The average Bonchev–Trinajstić information content (AvgIpc) is 2.44. The first-order valence-electron chi connectivity index (χ1n) is 7.13. The fourth-order valence-electron chi connectivity index (χ4n) is 2.06. The van der Waals surface area contributed by atoms with Crippen molar-refractivity contribution in [2.24, 2.45) is 5.92 Å². The van der Waals surface area contributed by atoms with Gasteiger partial charge in [0.2, 0.25) is 0 Å². The molecule has 0 fully saturated rings. The van der Waals surface area contributed by atoms with Crippen LogP contribution in [0.4, 0.5) is 11.6 Å². The van der Waals surface area contributed by atoms with Gasteiger partial charge in [-0.15, -0.1) is 0 Å². The third-order valence-electron chi connectivity index (χ3n) is 3.15. The molecule has 1 aromatic rings. The summed E-state index contributed by atoms with van der Waals surface area (Å²) in [7, 11) is 1.86. The van der Waals surface area contributed by atoms with Gasteiger partial charge in [0, 0.05) is 32.7 Å². The first-order valence-corrected chi connectivity index (χ1v) is 7.13. The monoisotopic (exact) mass is 266 g/mol. The van der Waals surface area contributed by atoms with Crippen molar-refractivity contribution in [3.05, 3.63) is 11.9 Å². The summed E-state index contributed by atoms with van der Waals surface area (Å²) in [5.41, 5.74) is 0. The summed E-state index contributed by atoms with van der Waals surface area (Å²) in [6, 6.07) is 1.92. The second-order valence-electron chi connectivity index (χ2n) is 4.71. The summed E-state index contributed by atoms with van der Waals surface area (Å²) >= 11 is 0. The van der Waals surface area contributed by atoms with E-state index < -0.39 is 0 Å². The molecule has 0 saturated carbocycles. The van der Waals surface area contributed by atoms with Crippen LogP contribution in [0.25, 0.3) is 0 Å². The van der Waals surface area contributed by atoms with Gasteiger partial charge < -0.3 is 15.7 Å². The topological polar surface area (TPSA) is 70.1 Å². The van der Waals surface area contributed by atoms with E-state index in [9.17, 15) is 0 Å². The third kappa shape index (κ3) is 5.42. The van der Waals surface area contributed by atoms with Gasteiger partial charge in [-0.25, -0.2) is 9.97 Å². The van der Waals surface area contributed by atoms with E-state index >= 15 is 0 Å². The van der Waals surface area contributed by atoms with Crippen LogP contribution in [0, 0.1) is 5.92 Å². The molecule has 1 aromatic heterocycles. The van der Waals surface area contributed by atoms with E-state index in [-0.39, 0.29) is 6.61 Å². The van der Waals surface area contributed by atoms with Crippen LogP contribution >= 0.6 is 0 Å². The van der Waals surface area contributed by atoms with Gasteiger partial charge in [-0.3, -0.25) is 0 Å². The van der Waals surface area contributed by atoms with Crippen molar-refractivity contribution in [2.75, 3.05) is 30.8 Å². The SMILES string of the molecule is CCCC(CCO)CNc1cc(NC)nc(CC)n1. The van der Waals surface area contributed by atoms with Crippen LogP contribution in [-0.4, -0.2) is 35.3 Å². The lowest BCUT2D eigenvalue weighted by molar-refractivity contribution is 0.255. The van der Waals surface area contributed by atoms with E-state index in [0.29, 0.717) is 5.92 Å². The summed E-state index contributed by atoms with van der Waals surface area (Å²) in [6.45, 7) is 5.31. The van der Waals surface area contributed by atoms with Gasteiger partial charge in [-0.05, 0) is 18.8 Å². The Bertz CT molecular complexity index is 342. The highest BCUT2D eigenvalue weighted by atomic mass is 16.3. The lowest BCUT2D eigenvalue weighted by atomic mass is 10.0. The Hall–Kier alpha value is -1.36. The molecule has 0 aliphatic rings. The van der Waals surface area contributed by atoms with E-state index in [1.54, 1.807) is 0 Å². The molecule has 5 nitrogen and oxygen atoms in total. The van der Waals surface area contributed by atoms with Gasteiger partial charge in [-0.2, -0.15) is 0 Å². The number of hydrogen-bond acceptors (Lipinski definition) is 5. The van der Waals surface area contributed by atoms with Crippen LogP contribution in [0.3, 0.4) is 0 Å². The predicted octanol–water partition coefficient (Wildman–Crippen LogP) is 2.29. The van der Waals surface area contributed by atoms with Crippen LogP contribution < -0.4 is 10.6 Å². The molecule has 0 aliphatic carbocycles. The second-order valence-corrected chi connectivity index (χ2v) is 4.71. The maximum absolute atomic E-state index is 9.06. The second kappa shape index (κ2) is 8.69. The third-order valence-corrected chi connectivity index (χ3v) is 3.15. The molecule has 0 amide bonds. The molecule has 0 saturated heterocycles. The smallest absolute Gasteiger partial charge is 0.132 e. The molecule has 19 heavy (non-hydrogen) atoms. The zero-order chi connectivity index (χ0) is 14.1. The minimum atomic E-state index is 0.248. The first-order chi connectivity index (χ1) is 9.23. The van der Waals surface area contributed by atoms with Crippen molar-refractivity contribution in [2.45, 2.75) is 39.5 Å². The van der Waals surface area contributed by atoms with Crippen molar-refractivity contribution >= 4 is 11.6 Å². The zero-order valence-corrected chi connectivity index (χ0v) is 12.2. The van der Waals surface area contributed by atoms with Crippen LogP contribution in [0.2, 0.25) is 0 Å². The minimum Gasteiger partial charge on any atom is -0.396 e. The highest BCUT2D eigenvalue weighted by molar-refractivity contribution is 5.47. The van der Waals surface area contributed by atoms with Crippen molar-refractivity contribution in [3.63, 3.8) is 0 Å². The molecule has 0 aliphatic heterocycles. The van der Waals surface area contributed by atoms with Gasteiger partial charge in [0.05, 0.1) is 0 Å². The van der Waals surface area contributed by atoms with Gasteiger partial charge in [0.15, 0.2) is 0 Å². The summed E-state index contributed by atoms with van der Waals surface area (Å²) in [5, 5.41) is 15.5. The number of hydrogen-bond donors (Lipinski definition) is 3. The fourth-order valence-corrected chi connectivity index (χ4v) is 2.06. The van der Waals surface area contributed by atoms with Crippen LogP contribution in [0.15, 0.2) is 6.07 Å². The van der Waals surface area contributed by atoms with Crippen LogP contribution in [0.1, 0.15) is 38.9 Å². The lowest BCUT2D eigenvalue weighted by Gasteiger charge is -2.16. The Morgan fingerprint density at radius 3 is 2.53 bits per heavy atom. The quantitative estimate of drug-likeness (QED) is 0.640. The highest BCUT2D eigenvalue weighted by Gasteiger charge is 2.08. The molecule has 1 unspecified atom stereocenters. The van der Waals surface area contributed by atoms with Crippen LogP contribution in [0.5, 0.6) is 0 Å². The van der Waals surface area contributed by atoms with Gasteiger partial charge in [-0.1, -0.05) is 20.3 Å². The minimum absolute atomic E-state index is 0.248. The van der Waals surface area contributed by atoms with Crippen LogP contribution in [-0.2, 0) is 6.42 Å². The molecule has 1 rings (SSSR count). The maximum atomic E-state index is 9.06. The number of nitrogens with zero attached hydrogens (tertiary/aromatic N) is 2. The molecular weight excluding hydrogens is 240 g/mol. The predicted molar refractivity (Wildman–Crippen MR) is 79.5 cm³/mol. The number of anilines is 2. The molecule has 3 N–H and O–H groups in total. The van der Waals surface area contributed by atoms with Crippen molar-refractivity contribution in [1.29, 1.82) is 0 Å². The zero-order valence-electron chi connectivity index (χ0n) is 12.2. The van der Waals surface area contributed by atoms with E-state index in [0.717, 1.165) is 49.7 Å². The molecule has 1 atom stereocenters. The largest absolute Gasteiger partial charge is 0.396 e. The van der Waals surface area contributed by atoms with Crippen molar-refractivity contribution < 1.29 is 5.11 Å². The lowest BCUT2D eigenvalue weighted by Crippen LogP contribution is -2.17. The highest BCUT2D eigenvalue weighted by Crippen LogP contribution is 2.15. The van der Waals surface area contributed by atoms with E-state index in [4.69, 9.17) is 5.11 Å². The Morgan fingerprint density at radius 1 is 1.21 bits per heavy atom. The van der Waals surface area contributed by atoms with Gasteiger partial charge in [0.1, 0.15) is 17.5 Å². The molecule has 0 spiro atoms. The number of aromatic nitrogens is 2. The molecule has 0 aromatic carbocycles. The normalized spacial score (nSPS) is 12.2.